The minimum absolute atomic E-state index is 0.232. The number of halogens is 1. The van der Waals surface area contributed by atoms with Crippen LogP contribution >= 0.6 is 11.6 Å². The molecule has 0 saturated carbocycles. The molecule has 0 aliphatic carbocycles. The number of anilines is 2. The Labute approximate surface area is 144 Å². The highest BCUT2D eigenvalue weighted by Crippen LogP contribution is 2.27. The highest BCUT2D eigenvalue weighted by Gasteiger charge is 2.14. The van der Waals surface area contributed by atoms with E-state index < -0.39 is 18.5 Å². The number of hydrogen-bond acceptors (Lipinski definition) is 5. The molecule has 6 nitrogen and oxygen atoms in total. The number of carbonyl (C=O) groups excluding carboxylic acids is 2. The van der Waals surface area contributed by atoms with Crippen molar-refractivity contribution in [2.75, 3.05) is 24.8 Å². The van der Waals surface area contributed by atoms with Crippen molar-refractivity contribution < 1.29 is 19.1 Å². The van der Waals surface area contributed by atoms with Crippen molar-refractivity contribution in [3.05, 3.63) is 52.5 Å². The molecule has 126 valence electrons. The van der Waals surface area contributed by atoms with Crippen molar-refractivity contribution in [3.8, 4) is 5.75 Å². The van der Waals surface area contributed by atoms with E-state index in [1.807, 2.05) is 0 Å². The standard InChI is InChI=1S/C17H17ClN2O4/c1-10-4-3-5-12(16(10)19)17(22)24-9-15(21)20-11-6-7-14(23-2)13(18)8-11/h3-8H,9,19H2,1-2H3,(H,20,21). The molecule has 0 aliphatic heterocycles. The van der Waals surface area contributed by atoms with Gasteiger partial charge in [-0.2, -0.15) is 0 Å². The van der Waals surface area contributed by atoms with Crippen molar-refractivity contribution in [1.29, 1.82) is 0 Å². The fourth-order valence-electron chi connectivity index (χ4n) is 2.01. The molecule has 0 heterocycles. The topological polar surface area (TPSA) is 90.6 Å². The molecule has 1 amide bonds. The molecule has 24 heavy (non-hydrogen) atoms. The summed E-state index contributed by atoms with van der Waals surface area (Å²) in [6.45, 7) is 1.35. The predicted octanol–water partition coefficient (Wildman–Crippen LogP) is 3.03. The van der Waals surface area contributed by atoms with Gasteiger partial charge >= 0.3 is 5.97 Å². The number of carbonyl (C=O) groups is 2. The highest BCUT2D eigenvalue weighted by atomic mass is 35.5. The van der Waals surface area contributed by atoms with Gasteiger partial charge in [0.1, 0.15) is 5.75 Å². The molecule has 0 bridgehead atoms. The maximum atomic E-state index is 12.0. The quantitative estimate of drug-likeness (QED) is 0.640. The zero-order valence-corrected chi connectivity index (χ0v) is 14.0. The largest absolute Gasteiger partial charge is 0.495 e. The number of benzene rings is 2. The minimum Gasteiger partial charge on any atom is -0.495 e. The van der Waals surface area contributed by atoms with E-state index in [-0.39, 0.29) is 5.56 Å². The van der Waals surface area contributed by atoms with Gasteiger partial charge in [0.2, 0.25) is 0 Å². The summed E-state index contributed by atoms with van der Waals surface area (Å²) in [7, 11) is 1.50. The number of methoxy groups -OCH3 is 1. The van der Waals surface area contributed by atoms with Crippen LogP contribution in [0.4, 0.5) is 11.4 Å². The van der Waals surface area contributed by atoms with Crippen molar-refractivity contribution in [1.82, 2.24) is 0 Å². The summed E-state index contributed by atoms with van der Waals surface area (Å²) < 4.78 is 10.0. The first-order chi connectivity index (χ1) is 11.4. The van der Waals surface area contributed by atoms with Gasteiger partial charge in [-0.1, -0.05) is 23.7 Å². The van der Waals surface area contributed by atoms with E-state index in [1.54, 1.807) is 43.3 Å². The second kappa shape index (κ2) is 7.70. The molecule has 0 fully saturated rings. The average Bonchev–Trinajstić information content (AvgIpc) is 2.55. The molecule has 0 aliphatic rings. The van der Waals surface area contributed by atoms with Crippen LogP contribution < -0.4 is 15.8 Å². The number of esters is 1. The van der Waals surface area contributed by atoms with Crippen LogP contribution in [0.3, 0.4) is 0 Å². The minimum atomic E-state index is -0.654. The first-order valence-electron chi connectivity index (χ1n) is 7.08. The van der Waals surface area contributed by atoms with Crippen LogP contribution in [0.15, 0.2) is 36.4 Å². The summed E-state index contributed by atoms with van der Waals surface area (Å²) in [6.07, 6.45) is 0. The Hall–Kier alpha value is -2.73. The normalized spacial score (nSPS) is 10.1. The summed E-state index contributed by atoms with van der Waals surface area (Å²) in [5.41, 5.74) is 7.63. The fourth-order valence-corrected chi connectivity index (χ4v) is 2.27. The smallest absolute Gasteiger partial charge is 0.340 e. The molecule has 0 spiro atoms. The van der Waals surface area contributed by atoms with Crippen LogP contribution in [0.2, 0.25) is 5.02 Å². The lowest BCUT2D eigenvalue weighted by Gasteiger charge is -2.10. The number of hydrogen-bond donors (Lipinski definition) is 2. The van der Waals surface area contributed by atoms with Crippen LogP contribution in [0.25, 0.3) is 0 Å². The van der Waals surface area contributed by atoms with Crippen LogP contribution in [-0.4, -0.2) is 25.6 Å². The average molecular weight is 349 g/mol. The second-order valence-corrected chi connectivity index (χ2v) is 5.42. The van der Waals surface area contributed by atoms with Gasteiger partial charge in [0.25, 0.3) is 5.91 Å². The molecule has 0 radical (unpaired) electrons. The van der Waals surface area contributed by atoms with E-state index in [0.29, 0.717) is 22.1 Å². The van der Waals surface area contributed by atoms with Crippen molar-refractivity contribution in [3.63, 3.8) is 0 Å². The molecule has 7 heteroatoms. The summed E-state index contributed by atoms with van der Waals surface area (Å²) in [6, 6.07) is 9.82. The lowest BCUT2D eigenvalue weighted by atomic mass is 10.1. The van der Waals surface area contributed by atoms with Gasteiger partial charge in [0.05, 0.1) is 17.7 Å². The first kappa shape index (κ1) is 17.6. The molecule has 3 N–H and O–H groups in total. The number of nitrogens with one attached hydrogen (secondary N) is 1. The van der Waals surface area contributed by atoms with E-state index in [2.05, 4.69) is 5.32 Å². The van der Waals surface area contributed by atoms with Crippen LogP contribution in [0, 0.1) is 6.92 Å². The summed E-state index contributed by atoms with van der Waals surface area (Å²) in [5, 5.41) is 2.94. The zero-order chi connectivity index (χ0) is 17.7. The van der Waals surface area contributed by atoms with Crippen LogP contribution in [0.5, 0.6) is 5.75 Å². The van der Waals surface area contributed by atoms with E-state index in [0.717, 1.165) is 5.56 Å². The number of ether oxygens (including phenoxy) is 2. The number of amides is 1. The SMILES string of the molecule is COc1ccc(NC(=O)COC(=O)c2cccc(C)c2N)cc1Cl. The third kappa shape index (κ3) is 4.17. The molecule has 2 aromatic rings. The van der Waals surface area contributed by atoms with Crippen molar-refractivity contribution in [2.45, 2.75) is 6.92 Å². The van der Waals surface area contributed by atoms with Gasteiger partial charge in [-0.05, 0) is 36.8 Å². The fraction of sp³-hybridized carbons (Fsp3) is 0.176. The number of para-hydroxylation sites is 1. The molecular formula is C17H17ClN2O4. The van der Waals surface area contributed by atoms with E-state index in [1.165, 1.54) is 7.11 Å². The van der Waals surface area contributed by atoms with Crippen LogP contribution in [0.1, 0.15) is 15.9 Å². The number of nitrogen functional groups attached to an aromatic ring is 1. The van der Waals surface area contributed by atoms with Crippen molar-refractivity contribution in [2.24, 2.45) is 0 Å². The molecule has 0 atom stereocenters. The molecule has 0 saturated heterocycles. The Morgan fingerprint density at radius 1 is 1.25 bits per heavy atom. The Bertz CT molecular complexity index is 777. The molecular weight excluding hydrogens is 332 g/mol. The maximum Gasteiger partial charge on any atom is 0.340 e. The molecule has 2 aromatic carbocycles. The van der Waals surface area contributed by atoms with Crippen LogP contribution in [-0.2, 0) is 9.53 Å². The lowest BCUT2D eigenvalue weighted by Crippen LogP contribution is -2.21. The second-order valence-electron chi connectivity index (χ2n) is 5.01. The zero-order valence-electron chi connectivity index (χ0n) is 13.3. The Morgan fingerprint density at radius 3 is 2.67 bits per heavy atom. The summed E-state index contributed by atoms with van der Waals surface area (Å²) in [5.74, 6) is -0.647. The van der Waals surface area contributed by atoms with E-state index >= 15 is 0 Å². The lowest BCUT2D eigenvalue weighted by molar-refractivity contribution is -0.119. The van der Waals surface area contributed by atoms with Gasteiger partial charge in [-0.25, -0.2) is 4.79 Å². The summed E-state index contributed by atoms with van der Waals surface area (Å²) in [4.78, 5) is 23.9. The van der Waals surface area contributed by atoms with E-state index in [4.69, 9.17) is 26.8 Å². The third-order valence-corrected chi connectivity index (χ3v) is 3.61. The summed E-state index contributed by atoms with van der Waals surface area (Å²) >= 11 is 5.98. The van der Waals surface area contributed by atoms with Gasteiger partial charge in [0.15, 0.2) is 6.61 Å². The molecule has 2 rings (SSSR count). The Morgan fingerprint density at radius 2 is 2.00 bits per heavy atom. The monoisotopic (exact) mass is 348 g/mol. The molecule has 0 aromatic heterocycles. The maximum absolute atomic E-state index is 12.0. The number of aryl methyl sites for hydroxylation is 1. The van der Waals surface area contributed by atoms with E-state index in [9.17, 15) is 9.59 Å². The van der Waals surface area contributed by atoms with Gasteiger partial charge < -0.3 is 20.5 Å². The number of rotatable bonds is 5. The van der Waals surface area contributed by atoms with Gasteiger partial charge in [-0.15, -0.1) is 0 Å². The van der Waals surface area contributed by atoms with Crippen molar-refractivity contribution >= 4 is 34.9 Å². The third-order valence-electron chi connectivity index (χ3n) is 3.31. The highest BCUT2D eigenvalue weighted by molar-refractivity contribution is 6.32. The van der Waals surface area contributed by atoms with Gasteiger partial charge in [0, 0.05) is 11.4 Å². The Kier molecular flexibility index (Phi) is 5.65. The molecule has 0 unspecified atom stereocenters. The Balaban J connectivity index is 1.94. The predicted molar refractivity (Wildman–Crippen MR) is 92.5 cm³/mol. The van der Waals surface area contributed by atoms with Gasteiger partial charge in [-0.3, -0.25) is 4.79 Å². The first-order valence-corrected chi connectivity index (χ1v) is 7.45. The number of nitrogens with two attached hydrogens (primary N) is 1.